The number of ether oxygens (including phenoxy) is 1. The third-order valence-corrected chi connectivity index (χ3v) is 9.41. The number of carbonyl (C=O) groups excluding carboxylic acids is 4. The minimum atomic E-state index is -0.900. The lowest BCUT2D eigenvalue weighted by molar-refractivity contribution is -0.173. The number of benzene rings is 2. The molecule has 210 valence electrons. The first-order chi connectivity index (χ1) is 18.4. The van der Waals surface area contributed by atoms with Gasteiger partial charge in [0.2, 0.25) is 5.91 Å². The number of rotatable bonds is 10. The number of nitrogens with zero attached hydrogens (tertiary/aromatic N) is 1. The maximum Gasteiger partial charge on any atom is 0.337 e. The van der Waals surface area contributed by atoms with Crippen molar-refractivity contribution in [3.8, 4) is 0 Å². The molecule has 0 aromatic heterocycles. The predicted octanol–water partition coefficient (Wildman–Crippen LogP) is 5.56. The first-order valence-electron chi connectivity index (χ1n) is 14.0. The fourth-order valence-electron chi connectivity index (χ4n) is 5.64. The fourth-order valence-corrected chi connectivity index (χ4v) is 7.26. The maximum absolute atomic E-state index is 13.3. The van der Waals surface area contributed by atoms with Crippen LogP contribution >= 0.6 is 11.8 Å². The molecule has 7 nitrogen and oxygen atoms in total. The third-order valence-electron chi connectivity index (χ3n) is 7.84. The number of fused-ring (bicyclic) bond motifs is 2. The van der Waals surface area contributed by atoms with E-state index in [1.807, 2.05) is 64.1 Å². The number of hydrogen-bond donors (Lipinski definition) is 1. The molecular weight excluding hydrogens is 512 g/mol. The molecule has 3 unspecified atom stereocenters. The summed E-state index contributed by atoms with van der Waals surface area (Å²) in [6.07, 6.45) is 3.71. The van der Waals surface area contributed by atoms with Gasteiger partial charge >= 0.3 is 11.9 Å². The number of β-lactam (4-membered cyclic amide) rings is 1. The van der Waals surface area contributed by atoms with Crippen molar-refractivity contribution in [1.29, 1.82) is 0 Å². The Bertz CT molecular complexity index is 1250. The van der Waals surface area contributed by atoms with Gasteiger partial charge in [-0.05, 0) is 48.9 Å². The highest BCUT2D eigenvalue weighted by atomic mass is 32.2. The molecule has 4 rings (SSSR count). The SMILES string of the molecule is CC(C)CCCCC(C(=O)OC(=O)C1N2C(=O)[C@@H](NC(=O)c3cccc4ccccc34)C2SC1(C)C)C(C)C. The Morgan fingerprint density at radius 1 is 1.00 bits per heavy atom. The highest BCUT2D eigenvalue weighted by Gasteiger charge is 2.64. The molecular formula is C31H40N2O5S. The molecule has 2 aromatic rings. The van der Waals surface area contributed by atoms with Gasteiger partial charge in [-0.25, -0.2) is 4.79 Å². The van der Waals surface area contributed by atoms with Gasteiger partial charge in [0.1, 0.15) is 17.5 Å². The van der Waals surface area contributed by atoms with Crippen molar-refractivity contribution in [2.24, 2.45) is 17.8 Å². The Hall–Kier alpha value is -2.87. The molecule has 2 saturated heterocycles. The second kappa shape index (κ2) is 11.7. The second-order valence-electron chi connectivity index (χ2n) is 12.0. The van der Waals surface area contributed by atoms with Crippen molar-refractivity contribution in [3.05, 3.63) is 48.0 Å². The third kappa shape index (κ3) is 6.01. The Morgan fingerprint density at radius 3 is 2.36 bits per heavy atom. The lowest BCUT2D eigenvalue weighted by Gasteiger charge is -2.43. The minimum absolute atomic E-state index is 0.0439. The number of amides is 2. The lowest BCUT2D eigenvalue weighted by Crippen LogP contribution is -2.70. The summed E-state index contributed by atoms with van der Waals surface area (Å²) in [5.41, 5.74) is 0.497. The summed E-state index contributed by atoms with van der Waals surface area (Å²) < 4.78 is 4.75. The lowest BCUT2D eigenvalue weighted by atomic mass is 9.89. The van der Waals surface area contributed by atoms with E-state index in [-0.39, 0.29) is 23.7 Å². The van der Waals surface area contributed by atoms with Gasteiger partial charge in [-0.1, -0.05) is 83.4 Å². The van der Waals surface area contributed by atoms with Crippen LogP contribution in [0.15, 0.2) is 42.5 Å². The summed E-state index contributed by atoms with van der Waals surface area (Å²) in [7, 11) is 0. The molecule has 0 radical (unpaired) electrons. The van der Waals surface area contributed by atoms with Crippen LogP contribution in [0.1, 0.15) is 77.6 Å². The molecule has 2 aliphatic heterocycles. The van der Waals surface area contributed by atoms with Crippen LogP contribution in [-0.2, 0) is 19.1 Å². The van der Waals surface area contributed by atoms with Crippen molar-refractivity contribution in [2.45, 2.75) is 89.4 Å². The molecule has 2 aromatic carbocycles. The van der Waals surface area contributed by atoms with Crippen LogP contribution in [0.25, 0.3) is 10.8 Å². The number of esters is 2. The molecule has 2 amide bonds. The van der Waals surface area contributed by atoms with E-state index in [0.717, 1.165) is 30.0 Å². The average Bonchev–Trinajstić information content (AvgIpc) is 3.13. The normalized spacial score (nSPS) is 22.5. The van der Waals surface area contributed by atoms with E-state index in [0.29, 0.717) is 17.9 Å². The van der Waals surface area contributed by atoms with Crippen LogP contribution in [0.4, 0.5) is 0 Å². The number of hydrogen-bond acceptors (Lipinski definition) is 6. The number of thioether (sulfide) groups is 1. The molecule has 0 saturated carbocycles. The van der Waals surface area contributed by atoms with Gasteiger partial charge in [0.05, 0.1) is 5.92 Å². The summed E-state index contributed by atoms with van der Waals surface area (Å²) in [6.45, 7) is 12.0. The summed E-state index contributed by atoms with van der Waals surface area (Å²) in [4.78, 5) is 54.2. The van der Waals surface area contributed by atoms with Crippen molar-refractivity contribution in [2.75, 3.05) is 0 Å². The summed E-state index contributed by atoms with van der Waals surface area (Å²) in [5, 5.41) is 4.23. The quantitative estimate of drug-likeness (QED) is 0.180. The molecule has 0 bridgehead atoms. The maximum atomic E-state index is 13.3. The van der Waals surface area contributed by atoms with Crippen LogP contribution in [0.3, 0.4) is 0 Å². The van der Waals surface area contributed by atoms with E-state index in [9.17, 15) is 19.2 Å². The number of carbonyl (C=O) groups is 4. The molecule has 2 fully saturated rings. The summed E-state index contributed by atoms with van der Waals surface area (Å²) in [6, 6.07) is 11.4. The molecule has 1 N–H and O–H groups in total. The Balaban J connectivity index is 1.41. The predicted molar refractivity (Wildman–Crippen MR) is 154 cm³/mol. The molecule has 39 heavy (non-hydrogen) atoms. The van der Waals surface area contributed by atoms with E-state index in [4.69, 9.17) is 4.74 Å². The average molecular weight is 553 g/mol. The van der Waals surface area contributed by atoms with E-state index in [1.165, 1.54) is 16.7 Å². The van der Waals surface area contributed by atoms with Crippen LogP contribution in [0, 0.1) is 17.8 Å². The second-order valence-corrected chi connectivity index (χ2v) is 13.8. The van der Waals surface area contributed by atoms with Gasteiger partial charge in [-0.15, -0.1) is 11.8 Å². The van der Waals surface area contributed by atoms with Crippen molar-refractivity contribution < 1.29 is 23.9 Å². The smallest absolute Gasteiger partial charge is 0.337 e. The van der Waals surface area contributed by atoms with Gasteiger partial charge in [-0.3, -0.25) is 14.4 Å². The first-order valence-corrected chi connectivity index (χ1v) is 14.8. The zero-order valence-electron chi connectivity index (χ0n) is 23.7. The van der Waals surface area contributed by atoms with Crippen LogP contribution in [-0.4, -0.2) is 50.9 Å². The molecule has 0 spiro atoms. The zero-order valence-corrected chi connectivity index (χ0v) is 24.5. The van der Waals surface area contributed by atoms with Gasteiger partial charge in [0.15, 0.2) is 0 Å². The fraction of sp³-hybridized carbons (Fsp3) is 0.548. The van der Waals surface area contributed by atoms with E-state index in [2.05, 4.69) is 19.2 Å². The molecule has 8 heteroatoms. The highest BCUT2D eigenvalue weighted by Crippen LogP contribution is 2.51. The Labute approximate surface area is 235 Å². The highest BCUT2D eigenvalue weighted by molar-refractivity contribution is 8.01. The summed E-state index contributed by atoms with van der Waals surface area (Å²) >= 11 is 1.45. The topological polar surface area (TPSA) is 92.8 Å². The van der Waals surface area contributed by atoms with E-state index in [1.54, 1.807) is 6.07 Å². The van der Waals surface area contributed by atoms with Crippen LogP contribution in [0.2, 0.25) is 0 Å². The Kier molecular flexibility index (Phi) is 8.74. The summed E-state index contributed by atoms with van der Waals surface area (Å²) in [5.74, 6) is -1.59. The molecule has 4 atom stereocenters. The van der Waals surface area contributed by atoms with Gasteiger partial charge in [0, 0.05) is 10.3 Å². The van der Waals surface area contributed by atoms with Crippen LogP contribution in [0.5, 0.6) is 0 Å². The van der Waals surface area contributed by atoms with Gasteiger partial charge in [0.25, 0.3) is 5.91 Å². The van der Waals surface area contributed by atoms with Crippen LogP contribution < -0.4 is 5.32 Å². The van der Waals surface area contributed by atoms with Crippen molar-refractivity contribution in [1.82, 2.24) is 10.2 Å². The van der Waals surface area contributed by atoms with Gasteiger partial charge < -0.3 is 15.0 Å². The number of unbranched alkanes of at least 4 members (excludes halogenated alkanes) is 1. The molecule has 2 aliphatic rings. The van der Waals surface area contributed by atoms with Crippen molar-refractivity contribution >= 4 is 46.3 Å². The van der Waals surface area contributed by atoms with Crippen molar-refractivity contribution in [3.63, 3.8) is 0 Å². The molecule has 0 aliphatic carbocycles. The Morgan fingerprint density at radius 2 is 1.67 bits per heavy atom. The molecule has 2 heterocycles. The van der Waals surface area contributed by atoms with E-state index >= 15 is 0 Å². The first kappa shape index (κ1) is 29.1. The standard InChI is InChI=1S/C31H40N2O5S/c1-18(2)12-7-9-15-21(19(3)4)29(36)38-30(37)25-31(5,6)39-28-24(27(35)33(25)28)32-26(34)23-17-11-14-20-13-8-10-16-22(20)23/h8,10-11,13-14,16-19,21,24-25,28H,7,9,12,15H2,1-6H3,(H,32,34)/t21?,24-,25?,28?/m1/s1. The largest absolute Gasteiger partial charge is 0.391 e. The van der Waals surface area contributed by atoms with E-state index < -0.39 is 34.1 Å². The zero-order chi connectivity index (χ0) is 28.5. The monoisotopic (exact) mass is 552 g/mol. The van der Waals surface area contributed by atoms with Gasteiger partial charge in [-0.2, -0.15) is 0 Å². The number of nitrogens with one attached hydrogen (secondary N) is 1. The minimum Gasteiger partial charge on any atom is -0.391 e.